The fraction of sp³-hybridized carbons (Fsp3) is 0.350. The van der Waals surface area contributed by atoms with Crippen LogP contribution in [0.1, 0.15) is 22.7 Å². The van der Waals surface area contributed by atoms with Crippen LogP contribution in [0.2, 0.25) is 5.02 Å². The molecule has 1 saturated heterocycles. The zero-order valence-electron chi connectivity index (χ0n) is 16.9. The number of carbonyl (C=O) groups excluding carboxylic acids is 1. The third kappa shape index (κ3) is 6.30. The highest BCUT2D eigenvalue weighted by Gasteiger charge is 2.39. The normalized spacial score (nSPS) is 16.1. The summed E-state index contributed by atoms with van der Waals surface area (Å²) in [4.78, 5) is 15.1. The summed E-state index contributed by atoms with van der Waals surface area (Å²) in [7, 11) is 0. The van der Waals surface area contributed by atoms with Gasteiger partial charge in [-0.2, -0.15) is 26.3 Å². The van der Waals surface area contributed by atoms with Gasteiger partial charge < -0.3 is 5.32 Å². The SMILES string of the molecule is Cl.NN(C(=O)C(c1ccccc1Cl)N1CCNCC1)c1cc(C(F)(F)F)cc(C(F)(F)F)c1. The molecule has 0 radical (unpaired) electrons. The Kier molecular flexibility index (Phi) is 8.63. The van der Waals surface area contributed by atoms with Crippen molar-refractivity contribution in [1.29, 1.82) is 0 Å². The lowest BCUT2D eigenvalue weighted by Crippen LogP contribution is -2.52. The maximum Gasteiger partial charge on any atom is 0.416 e. The summed E-state index contributed by atoms with van der Waals surface area (Å²) in [5.74, 6) is 4.91. The van der Waals surface area contributed by atoms with E-state index in [2.05, 4.69) is 5.32 Å². The molecule has 182 valence electrons. The summed E-state index contributed by atoms with van der Waals surface area (Å²) in [6.45, 7) is 1.85. The standard InChI is InChI=1S/C20H19ClF6N4O.ClH/c21-16-4-2-1-3-15(16)17(30-7-5-29-6-8-30)18(32)31(28)14-10-12(19(22,23)24)9-13(11-14)20(25,26)27;/h1-4,9-11,17,29H,5-8,28H2;1H. The van der Waals surface area contributed by atoms with Crippen molar-refractivity contribution >= 4 is 35.6 Å². The minimum absolute atomic E-state index is 0. The Bertz CT molecular complexity index is 948. The van der Waals surface area contributed by atoms with Gasteiger partial charge in [0.05, 0.1) is 16.8 Å². The molecular formula is C20H20Cl2F6N4O. The average molecular weight is 517 g/mol. The Balaban J connectivity index is 0.00000385. The van der Waals surface area contributed by atoms with Crippen LogP contribution in [0.4, 0.5) is 32.0 Å². The van der Waals surface area contributed by atoms with Crippen molar-refractivity contribution in [3.8, 4) is 0 Å². The molecule has 33 heavy (non-hydrogen) atoms. The number of alkyl halides is 6. The van der Waals surface area contributed by atoms with Gasteiger partial charge in [-0.1, -0.05) is 29.8 Å². The van der Waals surface area contributed by atoms with Crippen molar-refractivity contribution < 1.29 is 31.1 Å². The van der Waals surface area contributed by atoms with Crippen molar-refractivity contribution in [3.05, 3.63) is 64.2 Å². The smallest absolute Gasteiger partial charge is 0.314 e. The number of nitrogens with zero attached hydrogens (tertiary/aromatic N) is 2. The molecule has 1 unspecified atom stereocenters. The molecule has 0 saturated carbocycles. The summed E-state index contributed by atoms with van der Waals surface area (Å²) >= 11 is 6.25. The minimum atomic E-state index is -5.07. The third-order valence-electron chi connectivity index (χ3n) is 5.04. The molecule has 3 N–H and O–H groups in total. The second-order valence-electron chi connectivity index (χ2n) is 7.18. The molecule has 2 aromatic carbocycles. The van der Waals surface area contributed by atoms with E-state index < -0.39 is 41.1 Å². The van der Waals surface area contributed by atoms with Crippen LogP contribution in [0.5, 0.6) is 0 Å². The fourth-order valence-corrected chi connectivity index (χ4v) is 3.70. The van der Waals surface area contributed by atoms with Gasteiger partial charge in [-0.15, -0.1) is 12.4 Å². The van der Waals surface area contributed by atoms with E-state index >= 15 is 0 Å². The van der Waals surface area contributed by atoms with Crippen LogP contribution < -0.4 is 16.2 Å². The van der Waals surface area contributed by atoms with Gasteiger partial charge >= 0.3 is 12.4 Å². The lowest BCUT2D eigenvalue weighted by Gasteiger charge is -2.36. The Labute approximate surface area is 196 Å². The molecule has 0 bridgehead atoms. The number of nitrogens with one attached hydrogen (secondary N) is 1. The third-order valence-corrected chi connectivity index (χ3v) is 5.38. The second kappa shape index (κ2) is 10.5. The number of rotatable bonds is 4. The van der Waals surface area contributed by atoms with Crippen molar-refractivity contribution in [3.63, 3.8) is 0 Å². The van der Waals surface area contributed by atoms with Crippen molar-refractivity contribution in [2.75, 3.05) is 31.2 Å². The molecular weight excluding hydrogens is 497 g/mol. The second-order valence-corrected chi connectivity index (χ2v) is 7.59. The fourth-order valence-electron chi connectivity index (χ4n) is 3.46. The molecule has 1 aliphatic heterocycles. The van der Waals surface area contributed by atoms with Crippen molar-refractivity contribution in [2.24, 2.45) is 5.84 Å². The average Bonchev–Trinajstić information content (AvgIpc) is 2.74. The van der Waals surface area contributed by atoms with Crippen LogP contribution in [0.15, 0.2) is 42.5 Å². The molecule has 0 aliphatic carbocycles. The molecule has 2 aromatic rings. The Hall–Kier alpha value is -2.05. The number of hydrogen-bond donors (Lipinski definition) is 2. The van der Waals surface area contributed by atoms with Crippen molar-refractivity contribution in [2.45, 2.75) is 18.4 Å². The number of hydrazine groups is 1. The highest BCUT2D eigenvalue weighted by molar-refractivity contribution is 6.31. The number of nitrogens with two attached hydrogens (primary N) is 1. The van der Waals surface area contributed by atoms with E-state index in [0.29, 0.717) is 48.9 Å². The van der Waals surface area contributed by atoms with Crippen LogP contribution in [0, 0.1) is 0 Å². The van der Waals surface area contributed by atoms with E-state index in [-0.39, 0.29) is 23.5 Å². The highest BCUT2D eigenvalue weighted by Crippen LogP contribution is 2.39. The Morgan fingerprint density at radius 1 is 1.00 bits per heavy atom. The Morgan fingerprint density at radius 2 is 1.52 bits per heavy atom. The number of amides is 1. The molecule has 1 aliphatic rings. The van der Waals surface area contributed by atoms with E-state index in [1.165, 1.54) is 6.07 Å². The van der Waals surface area contributed by atoms with E-state index in [0.717, 1.165) is 0 Å². The monoisotopic (exact) mass is 516 g/mol. The number of piperazine rings is 1. The topological polar surface area (TPSA) is 61.6 Å². The Morgan fingerprint density at radius 3 is 2.00 bits per heavy atom. The van der Waals surface area contributed by atoms with E-state index in [4.69, 9.17) is 17.4 Å². The van der Waals surface area contributed by atoms with Crippen LogP contribution >= 0.6 is 24.0 Å². The van der Waals surface area contributed by atoms with Gasteiger partial charge in [0.2, 0.25) is 0 Å². The number of halogens is 8. The summed E-state index contributed by atoms with van der Waals surface area (Å²) < 4.78 is 79.3. The van der Waals surface area contributed by atoms with Gasteiger partial charge in [0.1, 0.15) is 6.04 Å². The summed E-state index contributed by atoms with van der Waals surface area (Å²) in [6, 6.07) is 6.05. The zero-order chi connectivity index (χ0) is 23.7. The molecule has 13 heteroatoms. The van der Waals surface area contributed by atoms with Crippen molar-refractivity contribution in [1.82, 2.24) is 10.2 Å². The van der Waals surface area contributed by atoms with E-state index in [9.17, 15) is 31.1 Å². The maximum atomic E-state index is 13.3. The quantitative estimate of drug-likeness (QED) is 0.268. The van der Waals surface area contributed by atoms with E-state index in [1.54, 1.807) is 23.1 Å². The summed E-state index contributed by atoms with van der Waals surface area (Å²) in [5, 5.41) is 3.64. The minimum Gasteiger partial charge on any atom is -0.314 e. The number of benzene rings is 2. The summed E-state index contributed by atoms with van der Waals surface area (Å²) in [5.41, 5.74) is -3.52. The first-order valence-electron chi connectivity index (χ1n) is 9.47. The lowest BCUT2D eigenvalue weighted by atomic mass is 10.0. The van der Waals surface area contributed by atoms with Gasteiger partial charge in [-0.3, -0.25) is 9.69 Å². The van der Waals surface area contributed by atoms with Gasteiger partial charge in [0, 0.05) is 31.2 Å². The number of anilines is 1. The molecule has 0 spiro atoms. The molecule has 1 amide bonds. The molecule has 1 atom stereocenters. The van der Waals surface area contributed by atoms with Crippen LogP contribution in [-0.2, 0) is 17.1 Å². The van der Waals surface area contributed by atoms with Crippen LogP contribution in [0.3, 0.4) is 0 Å². The van der Waals surface area contributed by atoms with Gasteiger partial charge in [-0.25, -0.2) is 10.9 Å². The van der Waals surface area contributed by atoms with Gasteiger partial charge in [-0.05, 0) is 29.8 Å². The first-order valence-corrected chi connectivity index (χ1v) is 9.84. The molecule has 1 heterocycles. The molecule has 5 nitrogen and oxygen atoms in total. The number of hydrogen-bond acceptors (Lipinski definition) is 4. The molecule has 1 fully saturated rings. The lowest BCUT2D eigenvalue weighted by molar-refractivity contribution is -0.143. The van der Waals surface area contributed by atoms with Gasteiger partial charge in [0.15, 0.2) is 0 Å². The maximum absolute atomic E-state index is 13.3. The van der Waals surface area contributed by atoms with Crippen LogP contribution in [-0.4, -0.2) is 37.0 Å². The molecule has 3 rings (SSSR count). The van der Waals surface area contributed by atoms with E-state index in [1.807, 2.05) is 0 Å². The zero-order valence-corrected chi connectivity index (χ0v) is 18.5. The van der Waals surface area contributed by atoms with Gasteiger partial charge in [0.25, 0.3) is 5.91 Å². The first kappa shape index (κ1) is 27.2. The number of carbonyl (C=O) groups is 1. The largest absolute Gasteiger partial charge is 0.416 e. The predicted molar refractivity (Wildman–Crippen MR) is 114 cm³/mol. The summed E-state index contributed by atoms with van der Waals surface area (Å²) in [6.07, 6.45) is -10.1. The first-order chi connectivity index (χ1) is 14.9. The predicted octanol–water partition coefficient (Wildman–Crippen LogP) is 4.65. The highest BCUT2D eigenvalue weighted by atomic mass is 35.5. The molecule has 0 aromatic heterocycles. The van der Waals surface area contributed by atoms with Crippen LogP contribution in [0.25, 0.3) is 0 Å².